The van der Waals surface area contributed by atoms with Crippen LogP contribution in [-0.4, -0.2) is 55.9 Å². The summed E-state index contributed by atoms with van der Waals surface area (Å²) in [5.41, 5.74) is 1.57. The third-order valence-electron chi connectivity index (χ3n) is 4.35. The van der Waals surface area contributed by atoms with Crippen LogP contribution in [0.5, 0.6) is 5.75 Å². The third-order valence-corrected chi connectivity index (χ3v) is 4.57. The molecule has 3 rings (SSSR count). The van der Waals surface area contributed by atoms with E-state index in [4.69, 9.17) is 25.8 Å². The summed E-state index contributed by atoms with van der Waals surface area (Å²) in [5.74, 6) is 0.890. The number of benzene rings is 1. The average molecular weight is 354 g/mol. The lowest BCUT2D eigenvalue weighted by Gasteiger charge is -2.42. The Morgan fingerprint density at radius 1 is 1.46 bits per heavy atom. The number of nitrogens with zero attached hydrogens (tertiary/aromatic N) is 1. The number of hydrogen-bond donors (Lipinski definition) is 0. The van der Waals surface area contributed by atoms with Crippen molar-refractivity contribution in [2.75, 3.05) is 33.4 Å². The van der Waals surface area contributed by atoms with Crippen LogP contribution < -0.4 is 4.74 Å². The molecule has 0 aliphatic carbocycles. The highest BCUT2D eigenvalue weighted by Crippen LogP contribution is 2.33. The van der Waals surface area contributed by atoms with Crippen LogP contribution in [0.15, 0.2) is 12.1 Å². The molecule has 24 heavy (non-hydrogen) atoms. The Morgan fingerprint density at radius 3 is 3.00 bits per heavy atom. The van der Waals surface area contributed by atoms with E-state index in [2.05, 4.69) is 0 Å². The van der Waals surface area contributed by atoms with Crippen LogP contribution in [-0.2, 0) is 27.1 Å². The Kier molecular flexibility index (Phi) is 5.04. The molecule has 1 atom stereocenters. The first-order chi connectivity index (χ1) is 11.4. The standard InChI is InChI=1S/C18H24ClNO4/c1-18(2)11-20(9-15(24-18)10-22-3)16(21)8-13-7-14(19)6-12-4-5-23-17(12)13/h6-7,15H,4-5,8-11H2,1-3H3/t15-/m0/s1. The molecular weight excluding hydrogens is 330 g/mol. The van der Waals surface area contributed by atoms with Gasteiger partial charge < -0.3 is 19.1 Å². The Bertz CT molecular complexity index is 632. The summed E-state index contributed by atoms with van der Waals surface area (Å²) in [7, 11) is 1.64. The zero-order valence-electron chi connectivity index (χ0n) is 14.4. The van der Waals surface area contributed by atoms with Gasteiger partial charge in [-0.15, -0.1) is 0 Å². The van der Waals surface area contributed by atoms with E-state index in [9.17, 15) is 4.79 Å². The van der Waals surface area contributed by atoms with Crippen LogP contribution in [0.2, 0.25) is 5.02 Å². The number of carbonyl (C=O) groups excluding carboxylic acids is 1. The molecule has 0 spiro atoms. The number of amides is 1. The van der Waals surface area contributed by atoms with Crippen molar-refractivity contribution in [3.8, 4) is 5.75 Å². The van der Waals surface area contributed by atoms with Gasteiger partial charge in [0.25, 0.3) is 0 Å². The molecule has 5 nitrogen and oxygen atoms in total. The number of carbonyl (C=O) groups is 1. The van der Waals surface area contributed by atoms with Crippen molar-refractivity contribution < 1.29 is 19.0 Å². The minimum Gasteiger partial charge on any atom is -0.493 e. The van der Waals surface area contributed by atoms with Crippen LogP contribution in [0.25, 0.3) is 0 Å². The molecule has 0 N–H and O–H groups in total. The second-order valence-electron chi connectivity index (χ2n) is 7.06. The summed E-state index contributed by atoms with van der Waals surface area (Å²) >= 11 is 6.19. The molecule has 2 aliphatic rings. The van der Waals surface area contributed by atoms with Gasteiger partial charge in [0.05, 0.1) is 31.3 Å². The lowest BCUT2D eigenvalue weighted by atomic mass is 10.0. The maximum absolute atomic E-state index is 12.8. The van der Waals surface area contributed by atoms with Gasteiger partial charge in [-0.05, 0) is 31.5 Å². The van der Waals surface area contributed by atoms with Gasteiger partial charge >= 0.3 is 0 Å². The molecular formula is C18H24ClNO4. The Morgan fingerprint density at radius 2 is 2.25 bits per heavy atom. The maximum Gasteiger partial charge on any atom is 0.227 e. The van der Waals surface area contributed by atoms with E-state index in [1.54, 1.807) is 7.11 Å². The van der Waals surface area contributed by atoms with Crippen molar-refractivity contribution >= 4 is 17.5 Å². The lowest BCUT2D eigenvalue weighted by molar-refractivity contribution is -0.168. The molecule has 0 aromatic heterocycles. The molecule has 1 fully saturated rings. The van der Waals surface area contributed by atoms with E-state index in [1.165, 1.54) is 0 Å². The molecule has 2 aliphatic heterocycles. The summed E-state index contributed by atoms with van der Waals surface area (Å²) in [6.45, 7) is 6.22. The summed E-state index contributed by atoms with van der Waals surface area (Å²) in [6, 6.07) is 3.76. The fourth-order valence-corrected chi connectivity index (χ4v) is 3.77. The van der Waals surface area contributed by atoms with E-state index >= 15 is 0 Å². The highest BCUT2D eigenvalue weighted by Gasteiger charge is 2.35. The number of methoxy groups -OCH3 is 1. The second-order valence-corrected chi connectivity index (χ2v) is 7.49. The molecule has 0 bridgehead atoms. The number of morpholine rings is 1. The van der Waals surface area contributed by atoms with Gasteiger partial charge in [0.1, 0.15) is 5.75 Å². The fourth-order valence-electron chi connectivity index (χ4n) is 3.51. The Labute approximate surface area is 147 Å². The SMILES string of the molecule is COC[C@@H]1CN(C(=O)Cc2cc(Cl)cc3c2OCC3)CC(C)(C)O1. The van der Waals surface area contributed by atoms with Crippen LogP contribution >= 0.6 is 11.6 Å². The molecule has 1 aromatic rings. The molecule has 0 saturated carbocycles. The second kappa shape index (κ2) is 6.90. The minimum atomic E-state index is -0.385. The van der Waals surface area contributed by atoms with Gasteiger partial charge in [-0.2, -0.15) is 0 Å². The molecule has 1 saturated heterocycles. The van der Waals surface area contributed by atoms with Gasteiger partial charge in [0.15, 0.2) is 0 Å². The first kappa shape index (κ1) is 17.5. The van der Waals surface area contributed by atoms with E-state index in [0.717, 1.165) is 23.3 Å². The predicted molar refractivity (Wildman–Crippen MR) is 91.8 cm³/mol. The number of rotatable bonds is 4. The van der Waals surface area contributed by atoms with Crippen molar-refractivity contribution in [1.82, 2.24) is 4.90 Å². The number of fused-ring (bicyclic) bond motifs is 1. The van der Waals surface area contributed by atoms with Crippen LogP contribution in [0.3, 0.4) is 0 Å². The summed E-state index contributed by atoms with van der Waals surface area (Å²) in [4.78, 5) is 14.7. The zero-order chi connectivity index (χ0) is 17.3. The highest BCUT2D eigenvalue weighted by molar-refractivity contribution is 6.30. The predicted octanol–water partition coefficient (Wildman–Crippen LogP) is 2.47. The molecule has 1 amide bonds. The Hall–Kier alpha value is -1.30. The average Bonchev–Trinajstić information content (AvgIpc) is 2.94. The van der Waals surface area contributed by atoms with Gasteiger partial charge in [-0.25, -0.2) is 0 Å². The first-order valence-corrected chi connectivity index (χ1v) is 8.64. The smallest absolute Gasteiger partial charge is 0.227 e. The van der Waals surface area contributed by atoms with Gasteiger partial charge in [0.2, 0.25) is 5.91 Å². The molecule has 1 aromatic carbocycles. The summed E-state index contributed by atoms with van der Waals surface area (Å²) in [6.07, 6.45) is 1.03. The first-order valence-electron chi connectivity index (χ1n) is 8.26. The summed E-state index contributed by atoms with van der Waals surface area (Å²) in [5, 5.41) is 0.654. The van der Waals surface area contributed by atoms with Crippen molar-refractivity contribution in [1.29, 1.82) is 0 Å². The molecule has 0 unspecified atom stereocenters. The van der Waals surface area contributed by atoms with Crippen molar-refractivity contribution in [2.45, 2.75) is 38.4 Å². The summed E-state index contributed by atoms with van der Waals surface area (Å²) < 4.78 is 16.9. The van der Waals surface area contributed by atoms with Crippen molar-refractivity contribution in [2.24, 2.45) is 0 Å². The van der Waals surface area contributed by atoms with Gasteiger partial charge in [-0.1, -0.05) is 11.6 Å². The number of hydrogen-bond acceptors (Lipinski definition) is 4. The molecule has 6 heteroatoms. The zero-order valence-corrected chi connectivity index (χ0v) is 15.2. The lowest BCUT2D eigenvalue weighted by Crippen LogP contribution is -2.56. The van der Waals surface area contributed by atoms with E-state index < -0.39 is 0 Å². The number of ether oxygens (including phenoxy) is 3. The van der Waals surface area contributed by atoms with E-state index in [0.29, 0.717) is 37.7 Å². The minimum absolute atomic E-state index is 0.0624. The van der Waals surface area contributed by atoms with E-state index in [-0.39, 0.29) is 17.6 Å². The fraction of sp³-hybridized carbons (Fsp3) is 0.611. The van der Waals surface area contributed by atoms with Crippen molar-refractivity contribution in [3.05, 3.63) is 28.3 Å². The molecule has 132 valence electrons. The molecule has 2 heterocycles. The largest absolute Gasteiger partial charge is 0.493 e. The quantitative estimate of drug-likeness (QED) is 0.834. The van der Waals surface area contributed by atoms with Gasteiger partial charge in [0, 0.05) is 37.2 Å². The normalized spacial score (nSPS) is 22.2. The maximum atomic E-state index is 12.8. The van der Waals surface area contributed by atoms with Crippen molar-refractivity contribution in [3.63, 3.8) is 0 Å². The van der Waals surface area contributed by atoms with Gasteiger partial charge in [-0.3, -0.25) is 4.79 Å². The Balaban J connectivity index is 1.75. The van der Waals surface area contributed by atoms with Crippen LogP contribution in [0.1, 0.15) is 25.0 Å². The van der Waals surface area contributed by atoms with E-state index in [1.807, 2.05) is 30.9 Å². The monoisotopic (exact) mass is 353 g/mol. The molecule has 0 radical (unpaired) electrons. The topological polar surface area (TPSA) is 48.0 Å². The number of halogens is 1. The van der Waals surface area contributed by atoms with Crippen LogP contribution in [0, 0.1) is 0 Å². The highest BCUT2D eigenvalue weighted by atomic mass is 35.5. The van der Waals surface area contributed by atoms with Crippen LogP contribution in [0.4, 0.5) is 0 Å². The third kappa shape index (κ3) is 3.85.